The van der Waals surface area contributed by atoms with E-state index in [1.807, 2.05) is 0 Å². The summed E-state index contributed by atoms with van der Waals surface area (Å²) < 4.78 is 5.12. The normalized spacial score (nSPS) is 13.7. The first-order chi connectivity index (χ1) is 9.17. The summed E-state index contributed by atoms with van der Waals surface area (Å²) in [5, 5.41) is 3.59. The van der Waals surface area contributed by atoms with E-state index in [4.69, 9.17) is 4.74 Å². The van der Waals surface area contributed by atoms with Crippen molar-refractivity contribution in [1.29, 1.82) is 0 Å². The highest BCUT2D eigenvalue weighted by atomic mass is 16.5. The molecule has 19 heavy (non-hydrogen) atoms. The van der Waals surface area contributed by atoms with Crippen molar-refractivity contribution < 1.29 is 4.74 Å². The summed E-state index contributed by atoms with van der Waals surface area (Å²) >= 11 is 0. The topological polar surface area (TPSA) is 21.3 Å². The zero-order valence-corrected chi connectivity index (χ0v) is 14.1. The van der Waals surface area contributed by atoms with Crippen LogP contribution in [0.3, 0.4) is 0 Å². The summed E-state index contributed by atoms with van der Waals surface area (Å²) in [4.78, 5) is 0. The molecule has 0 radical (unpaired) electrons. The molecule has 0 saturated heterocycles. The number of methoxy groups -OCH3 is 1. The van der Waals surface area contributed by atoms with Crippen molar-refractivity contribution in [2.45, 2.75) is 72.6 Å². The highest BCUT2D eigenvalue weighted by Crippen LogP contribution is 2.36. The average molecular weight is 271 g/mol. The Hall–Kier alpha value is -0.0800. The molecule has 0 rings (SSSR count). The average Bonchev–Trinajstić information content (AvgIpc) is 2.46. The summed E-state index contributed by atoms with van der Waals surface area (Å²) in [6.45, 7) is 12.3. The molecular weight excluding hydrogens is 234 g/mol. The Balaban J connectivity index is 4.31. The third kappa shape index (κ3) is 7.94. The molecule has 0 heterocycles. The molecule has 1 atom stereocenters. The molecule has 0 amide bonds. The van der Waals surface area contributed by atoms with E-state index in [9.17, 15) is 0 Å². The number of unbranched alkanes of at least 4 members (excludes halogenated alkanes) is 1. The predicted molar refractivity (Wildman–Crippen MR) is 85.7 cm³/mol. The van der Waals surface area contributed by atoms with E-state index in [-0.39, 0.29) is 0 Å². The molecule has 0 fully saturated rings. The van der Waals surface area contributed by atoms with Crippen molar-refractivity contribution in [3.05, 3.63) is 0 Å². The van der Waals surface area contributed by atoms with Gasteiger partial charge < -0.3 is 10.1 Å². The molecule has 0 aliphatic heterocycles. The maximum absolute atomic E-state index is 5.12. The zero-order valence-electron chi connectivity index (χ0n) is 14.1. The van der Waals surface area contributed by atoms with Gasteiger partial charge in [0.2, 0.25) is 0 Å². The molecule has 0 spiro atoms. The smallest absolute Gasteiger partial charge is 0.0587 e. The summed E-state index contributed by atoms with van der Waals surface area (Å²) in [6.07, 6.45) is 9.41. The highest BCUT2D eigenvalue weighted by molar-refractivity contribution is 4.82. The van der Waals surface area contributed by atoms with Crippen LogP contribution in [0.2, 0.25) is 0 Å². The lowest BCUT2D eigenvalue weighted by Crippen LogP contribution is -2.36. The summed E-state index contributed by atoms with van der Waals surface area (Å²) in [7, 11) is 1.77. The molecule has 1 N–H and O–H groups in total. The maximum atomic E-state index is 5.12. The predicted octanol–water partition coefficient (Wildman–Crippen LogP) is 4.64. The van der Waals surface area contributed by atoms with E-state index in [1.54, 1.807) is 7.11 Å². The molecular formula is C17H37NO. The van der Waals surface area contributed by atoms with Crippen molar-refractivity contribution in [2.24, 2.45) is 11.3 Å². The lowest BCUT2D eigenvalue weighted by atomic mass is 9.73. The summed E-state index contributed by atoms with van der Waals surface area (Å²) in [5.74, 6) is 0.907. The molecule has 2 heteroatoms. The van der Waals surface area contributed by atoms with Crippen molar-refractivity contribution in [2.75, 3.05) is 26.8 Å². The lowest BCUT2D eigenvalue weighted by molar-refractivity contribution is 0.161. The first kappa shape index (κ1) is 18.9. The zero-order chi connectivity index (χ0) is 14.6. The van der Waals surface area contributed by atoms with E-state index >= 15 is 0 Å². The number of hydrogen-bond donors (Lipinski definition) is 1. The van der Waals surface area contributed by atoms with Gasteiger partial charge in [-0.15, -0.1) is 0 Å². The molecule has 0 aromatic rings. The second-order valence-corrected chi connectivity index (χ2v) is 6.00. The first-order valence-corrected chi connectivity index (χ1v) is 8.37. The van der Waals surface area contributed by atoms with Gasteiger partial charge in [-0.25, -0.2) is 0 Å². The van der Waals surface area contributed by atoms with Crippen LogP contribution in [0.4, 0.5) is 0 Å². The Morgan fingerprint density at radius 2 is 1.79 bits per heavy atom. The van der Waals surface area contributed by atoms with Crippen LogP contribution in [0, 0.1) is 11.3 Å². The molecule has 0 saturated carbocycles. The van der Waals surface area contributed by atoms with Gasteiger partial charge in [0.15, 0.2) is 0 Å². The van der Waals surface area contributed by atoms with Gasteiger partial charge in [0.05, 0.1) is 6.61 Å². The molecule has 116 valence electrons. The monoisotopic (exact) mass is 271 g/mol. The summed E-state index contributed by atoms with van der Waals surface area (Å²) in [6, 6.07) is 0. The second-order valence-electron chi connectivity index (χ2n) is 6.00. The minimum Gasteiger partial charge on any atom is -0.383 e. The van der Waals surface area contributed by atoms with Crippen LogP contribution in [0.1, 0.15) is 72.6 Å². The van der Waals surface area contributed by atoms with E-state index in [1.165, 1.54) is 44.9 Å². The Morgan fingerprint density at radius 3 is 2.26 bits per heavy atom. The largest absolute Gasteiger partial charge is 0.383 e. The van der Waals surface area contributed by atoms with Crippen LogP contribution in [0.5, 0.6) is 0 Å². The number of rotatable bonds is 13. The van der Waals surface area contributed by atoms with Gasteiger partial charge in [0.25, 0.3) is 0 Å². The third-order valence-electron chi connectivity index (χ3n) is 4.75. The Bertz CT molecular complexity index is 190. The highest BCUT2D eigenvalue weighted by Gasteiger charge is 2.28. The van der Waals surface area contributed by atoms with Crippen molar-refractivity contribution in [3.8, 4) is 0 Å². The number of nitrogens with one attached hydrogen (secondary N) is 1. The van der Waals surface area contributed by atoms with Gasteiger partial charge >= 0.3 is 0 Å². The van der Waals surface area contributed by atoms with Gasteiger partial charge in [-0.2, -0.15) is 0 Å². The molecule has 0 aromatic carbocycles. The Labute approximate surface area is 121 Å². The first-order valence-electron chi connectivity index (χ1n) is 8.37. The van der Waals surface area contributed by atoms with Gasteiger partial charge in [-0.05, 0) is 30.6 Å². The van der Waals surface area contributed by atoms with Crippen molar-refractivity contribution in [3.63, 3.8) is 0 Å². The van der Waals surface area contributed by atoms with Crippen LogP contribution in [-0.2, 0) is 4.74 Å². The van der Waals surface area contributed by atoms with Crippen LogP contribution in [0.25, 0.3) is 0 Å². The quantitative estimate of drug-likeness (QED) is 0.493. The molecule has 2 nitrogen and oxygen atoms in total. The Kier molecular flexibility index (Phi) is 11.7. The SMILES string of the molecule is CCCCC(CC)CC(CC)(CC)CNCCOC. The fourth-order valence-electron chi connectivity index (χ4n) is 2.94. The molecule has 0 aliphatic carbocycles. The lowest BCUT2D eigenvalue weighted by Gasteiger charge is -2.35. The summed E-state index contributed by atoms with van der Waals surface area (Å²) in [5.41, 5.74) is 0.488. The molecule has 0 aromatic heterocycles. The van der Waals surface area contributed by atoms with E-state index < -0.39 is 0 Å². The molecule has 0 bridgehead atoms. The molecule has 0 aliphatic rings. The van der Waals surface area contributed by atoms with Gasteiger partial charge in [-0.3, -0.25) is 0 Å². The van der Waals surface area contributed by atoms with Crippen molar-refractivity contribution in [1.82, 2.24) is 5.32 Å². The minimum atomic E-state index is 0.488. The van der Waals surface area contributed by atoms with Crippen LogP contribution in [-0.4, -0.2) is 26.8 Å². The third-order valence-corrected chi connectivity index (χ3v) is 4.75. The van der Waals surface area contributed by atoms with E-state index in [2.05, 4.69) is 33.0 Å². The Morgan fingerprint density at radius 1 is 1.11 bits per heavy atom. The van der Waals surface area contributed by atoms with Gasteiger partial charge in [-0.1, -0.05) is 53.4 Å². The maximum Gasteiger partial charge on any atom is 0.0587 e. The standard InChI is InChI=1S/C17H37NO/c1-6-10-11-16(7-2)14-17(8-3,9-4)15-18-12-13-19-5/h16,18H,6-15H2,1-5H3. The second kappa shape index (κ2) is 11.7. The number of ether oxygens (including phenoxy) is 1. The van der Waals surface area contributed by atoms with Gasteiger partial charge in [0.1, 0.15) is 0 Å². The van der Waals surface area contributed by atoms with Gasteiger partial charge in [0, 0.05) is 20.2 Å². The van der Waals surface area contributed by atoms with E-state index in [0.29, 0.717) is 5.41 Å². The minimum absolute atomic E-state index is 0.488. The van der Waals surface area contributed by atoms with Crippen LogP contribution < -0.4 is 5.32 Å². The van der Waals surface area contributed by atoms with Crippen molar-refractivity contribution >= 4 is 0 Å². The number of hydrogen-bond acceptors (Lipinski definition) is 2. The van der Waals surface area contributed by atoms with Crippen LogP contribution >= 0.6 is 0 Å². The molecule has 1 unspecified atom stereocenters. The van der Waals surface area contributed by atoms with Crippen LogP contribution in [0.15, 0.2) is 0 Å². The van der Waals surface area contributed by atoms with E-state index in [0.717, 1.165) is 25.6 Å². The fourth-order valence-corrected chi connectivity index (χ4v) is 2.94. The fraction of sp³-hybridized carbons (Fsp3) is 1.00.